The van der Waals surface area contributed by atoms with Gasteiger partial charge < -0.3 is 4.90 Å². The highest BCUT2D eigenvalue weighted by molar-refractivity contribution is 5.42. The molecule has 0 amide bonds. The summed E-state index contributed by atoms with van der Waals surface area (Å²) in [6.07, 6.45) is 1.83. The van der Waals surface area contributed by atoms with E-state index in [0.29, 0.717) is 24.3 Å². The molecule has 14 heavy (non-hydrogen) atoms. The average molecular weight is 187 g/mol. The van der Waals surface area contributed by atoms with Crippen LogP contribution in [-0.2, 0) is 0 Å². The van der Waals surface area contributed by atoms with Crippen LogP contribution in [0.1, 0.15) is 12.0 Å². The highest BCUT2D eigenvalue weighted by atomic mass is 15.2. The molecule has 0 unspecified atom stereocenters. The fraction of sp³-hybridized carbons (Fsp3) is 0.333. The SMILES string of the molecule is CN(CCC#N)c1cc(C#N)cnn1. The topological polar surface area (TPSA) is 76.6 Å². The van der Waals surface area contributed by atoms with Crippen LogP contribution in [0.4, 0.5) is 5.82 Å². The zero-order valence-corrected chi connectivity index (χ0v) is 7.80. The first-order valence-corrected chi connectivity index (χ1v) is 4.09. The van der Waals surface area contributed by atoms with Gasteiger partial charge in [0.25, 0.3) is 0 Å². The molecule has 1 rings (SSSR count). The van der Waals surface area contributed by atoms with Crippen LogP contribution in [-0.4, -0.2) is 23.8 Å². The van der Waals surface area contributed by atoms with Crippen molar-refractivity contribution in [2.24, 2.45) is 0 Å². The van der Waals surface area contributed by atoms with Crippen molar-refractivity contribution in [2.75, 3.05) is 18.5 Å². The molecule has 1 aromatic heterocycles. The fourth-order valence-electron chi connectivity index (χ4n) is 0.935. The van der Waals surface area contributed by atoms with Gasteiger partial charge in [0.05, 0.1) is 24.3 Å². The maximum absolute atomic E-state index is 8.63. The summed E-state index contributed by atoms with van der Waals surface area (Å²) >= 11 is 0. The van der Waals surface area contributed by atoms with Gasteiger partial charge in [-0.25, -0.2) is 0 Å². The molecule has 5 nitrogen and oxygen atoms in total. The third-order valence-electron chi connectivity index (χ3n) is 1.72. The third kappa shape index (κ3) is 2.43. The minimum atomic E-state index is 0.426. The summed E-state index contributed by atoms with van der Waals surface area (Å²) in [7, 11) is 1.81. The van der Waals surface area contributed by atoms with Crippen molar-refractivity contribution >= 4 is 5.82 Å². The van der Waals surface area contributed by atoms with Gasteiger partial charge >= 0.3 is 0 Å². The summed E-state index contributed by atoms with van der Waals surface area (Å²) in [4.78, 5) is 1.79. The summed E-state index contributed by atoms with van der Waals surface area (Å²) in [5, 5.41) is 24.6. The zero-order chi connectivity index (χ0) is 10.4. The molecular formula is C9H9N5. The van der Waals surface area contributed by atoms with Crippen molar-refractivity contribution in [1.29, 1.82) is 10.5 Å². The number of nitrogens with zero attached hydrogens (tertiary/aromatic N) is 5. The lowest BCUT2D eigenvalue weighted by molar-refractivity contribution is 0.857. The van der Waals surface area contributed by atoms with Crippen LogP contribution in [0.15, 0.2) is 12.3 Å². The van der Waals surface area contributed by atoms with E-state index in [1.165, 1.54) is 6.20 Å². The first-order chi connectivity index (χ1) is 6.77. The second kappa shape index (κ2) is 4.78. The highest BCUT2D eigenvalue weighted by Crippen LogP contribution is 2.08. The van der Waals surface area contributed by atoms with E-state index in [1.807, 2.05) is 19.2 Å². The Hall–Kier alpha value is -2.14. The van der Waals surface area contributed by atoms with Crippen molar-refractivity contribution in [1.82, 2.24) is 10.2 Å². The molecule has 0 radical (unpaired) electrons. The number of rotatable bonds is 3. The minimum absolute atomic E-state index is 0.426. The number of anilines is 1. The Balaban J connectivity index is 2.76. The maximum Gasteiger partial charge on any atom is 0.152 e. The largest absolute Gasteiger partial charge is 0.357 e. The van der Waals surface area contributed by atoms with E-state index < -0.39 is 0 Å². The molecule has 0 atom stereocenters. The monoisotopic (exact) mass is 187 g/mol. The first-order valence-electron chi connectivity index (χ1n) is 4.09. The lowest BCUT2D eigenvalue weighted by atomic mass is 10.3. The van der Waals surface area contributed by atoms with E-state index >= 15 is 0 Å². The second-order valence-electron chi connectivity index (χ2n) is 2.74. The van der Waals surface area contributed by atoms with Crippen LogP contribution in [0.25, 0.3) is 0 Å². The molecule has 0 spiro atoms. The summed E-state index contributed by atoms with van der Waals surface area (Å²) in [6.45, 7) is 0.583. The molecule has 0 aliphatic rings. The van der Waals surface area contributed by atoms with Crippen LogP contribution in [0, 0.1) is 22.7 Å². The lowest BCUT2D eigenvalue weighted by Gasteiger charge is -2.14. The van der Waals surface area contributed by atoms with Gasteiger partial charge in [-0.2, -0.15) is 15.6 Å². The molecule has 0 fully saturated rings. The summed E-state index contributed by atoms with van der Waals surface area (Å²) in [6, 6.07) is 5.67. The van der Waals surface area contributed by atoms with Gasteiger partial charge in [0.1, 0.15) is 6.07 Å². The van der Waals surface area contributed by atoms with Gasteiger partial charge in [0.15, 0.2) is 5.82 Å². The van der Waals surface area contributed by atoms with E-state index in [2.05, 4.69) is 10.2 Å². The van der Waals surface area contributed by atoms with Crippen LogP contribution in [0.2, 0.25) is 0 Å². The second-order valence-corrected chi connectivity index (χ2v) is 2.74. The van der Waals surface area contributed by atoms with Crippen molar-refractivity contribution in [3.8, 4) is 12.1 Å². The predicted molar refractivity (Wildman–Crippen MR) is 50.2 cm³/mol. The zero-order valence-electron chi connectivity index (χ0n) is 7.80. The Kier molecular flexibility index (Phi) is 3.40. The molecule has 1 heterocycles. The molecule has 0 N–H and O–H groups in total. The predicted octanol–water partition coefficient (Wildman–Crippen LogP) is 0.698. The van der Waals surface area contributed by atoms with Crippen molar-refractivity contribution < 1.29 is 0 Å². The minimum Gasteiger partial charge on any atom is -0.357 e. The summed E-state index contributed by atoms with van der Waals surface area (Å²) in [5.74, 6) is 0.610. The van der Waals surface area contributed by atoms with Crippen molar-refractivity contribution in [3.63, 3.8) is 0 Å². The Morgan fingerprint density at radius 2 is 2.29 bits per heavy atom. The number of aromatic nitrogens is 2. The number of hydrogen-bond acceptors (Lipinski definition) is 5. The van der Waals surface area contributed by atoms with Gasteiger partial charge in [-0.05, 0) is 0 Å². The van der Waals surface area contributed by atoms with Crippen molar-refractivity contribution in [2.45, 2.75) is 6.42 Å². The molecule has 0 aliphatic heterocycles. The summed E-state index contributed by atoms with van der Waals surface area (Å²) < 4.78 is 0. The Bertz CT molecular complexity index is 387. The normalized spacial score (nSPS) is 8.79. The highest BCUT2D eigenvalue weighted by Gasteiger charge is 2.03. The molecular weight excluding hydrogens is 178 g/mol. The average Bonchev–Trinajstić information content (AvgIpc) is 2.26. The van der Waals surface area contributed by atoms with Gasteiger partial charge in [0, 0.05) is 19.7 Å². The maximum atomic E-state index is 8.63. The van der Waals surface area contributed by atoms with E-state index in [0.717, 1.165) is 0 Å². The van der Waals surface area contributed by atoms with Crippen LogP contribution in [0.5, 0.6) is 0 Å². The summed E-state index contributed by atoms with van der Waals surface area (Å²) in [5.41, 5.74) is 0.471. The van der Waals surface area contributed by atoms with Gasteiger partial charge in [-0.3, -0.25) is 0 Å². The number of nitriles is 2. The molecule has 0 saturated carbocycles. The smallest absolute Gasteiger partial charge is 0.152 e. The van der Waals surface area contributed by atoms with E-state index in [1.54, 1.807) is 11.0 Å². The third-order valence-corrected chi connectivity index (χ3v) is 1.72. The Morgan fingerprint density at radius 3 is 2.93 bits per heavy atom. The van der Waals surface area contributed by atoms with Crippen LogP contribution >= 0.6 is 0 Å². The number of hydrogen-bond donors (Lipinski definition) is 0. The van der Waals surface area contributed by atoms with E-state index in [-0.39, 0.29) is 0 Å². The Morgan fingerprint density at radius 1 is 1.50 bits per heavy atom. The molecule has 0 aliphatic carbocycles. The van der Waals surface area contributed by atoms with Crippen molar-refractivity contribution in [3.05, 3.63) is 17.8 Å². The van der Waals surface area contributed by atoms with E-state index in [4.69, 9.17) is 10.5 Å². The van der Waals surface area contributed by atoms with Gasteiger partial charge in [-0.1, -0.05) is 0 Å². The molecule has 0 bridgehead atoms. The molecule has 0 aromatic carbocycles. The quantitative estimate of drug-likeness (QED) is 0.696. The first kappa shape index (κ1) is 9.94. The van der Waals surface area contributed by atoms with Crippen LogP contribution in [0.3, 0.4) is 0 Å². The molecule has 70 valence electrons. The van der Waals surface area contributed by atoms with Crippen LogP contribution < -0.4 is 4.90 Å². The molecule has 1 aromatic rings. The fourth-order valence-corrected chi connectivity index (χ4v) is 0.935. The Labute approximate surface area is 82.2 Å². The molecule has 5 heteroatoms. The van der Waals surface area contributed by atoms with E-state index in [9.17, 15) is 0 Å². The van der Waals surface area contributed by atoms with Gasteiger partial charge in [-0.15, -0.1) is 5.10 Å². The molecule has 0 saturated heterocycles. The van der Waals surface area contributed by atoms with Gasteiger partial charge in [0.2, 0.25) is 0 Å². The lowest BCUT2D eigenvalue weighted by Crippen LogP contribution is -2.19. The standard InChI is InChI=1S/C9H9N5/c1-14(4-2-3-10)9-5-8(6-11)7-12-13-9/h5,7H,2,4H2,1H3.